The largest absolute Gasteiger partial charge is 0.481 e. The fourth-order valence-corrected chi connectivity index (χ4v) is 13.1. The van der Waals surface area contributed by atoms with Crippen molar-refractivity contribution in [3.63, 3.8) is 0 Å². The fourth-order valence-electron chi connectivity index (χ4n) is 11.6. The zero-order chi connectivity index (χ0) is 31.4. The lowest BCUT2D eigenvalue weighted by molar-refractivity contribution is -0.173. The molecule has 1 aromatic heterocycles. The minimum absolute atomic E-state index is 0. The number of carboxylic acid groups (broad SMARTS) is 1. The lowest BCUT2D eigenvalue weighted by Gasteiger charge is -2.69. The first kappa shape index (κ1) is 33.9. The average molecular weight is 645 g/mol. The van der Waals surface area contributed by atoms with Gasteiger partial charge >= 0.3 is 5.97 Å². The van der Waals surface area contributed by atoms with Gasteiger partial charge in [-0.25, -0.2) is 4.98 Å². The molecule has 1 N–H and O–H groups in total. The number of hydrogen-bond acceptors (Lipinski definition) is 5. The van der Waals surface area contributed by atoms with Crippen LogP contribution in [0.3, 0.4) is 0 Å². The number of hydrogen-bond donors (Lipinski definition) is 1. The molecule has 8 atom stereocenters. The predicted molar refractivity (Wildman–Crippen MR) is 183 cm³/mol. The van der Waals surface area contributed by atoms with E-state index >= 15 is 0 Å². The van der Waals surface area contributed by atoms with Crippen molar-refractivity contribution in [2.24, 2.45) is 44.8 Å². The van der Waals surface area contributed by atoms with Crippen LogP contribution < -0.4 is 4.90 Å². The molecule has 7 heteroatoms. The summed E-state index contributed by atoms with van der Waals surface area (Å²) in [7, 11) is 0. The second-order valence-corrected chi connectivity index (χ2v) is 18.3. The molecular formula is C37H57ClN2O3S. The van der Waals surface area contributed by atoms with Crippen LogP contribution in [0.5, 0.6) is 0 Å². The molecule has 5 aliphatic carbocycles. The van der Waals surface area contributed by atoms with Crippen molar-refractivity contribution >= 4 is 40.6 Å². The third kappa shape index (κ3) is 4.45. The highest BCUT2D eigenvalue weighted by atomic mass is 35.5. The molecule has 0 aromatic carbocycles. The summed E-state index contributed by atoms with van der Waals surface area (Å²) in [5.41, 5.74) is 1.47. The molecule has 1 heterocycles. The Hall–Kier alpha value is -1.40. The van der Waals surface area contributed by atoms with Crippen LogP contribution in [-0.2, 0) is 21.4 Å². The van der Waals surface area contributed by atoms with Gasteiger partial charge < -0.3 is 10.0 Å². The van der Waals surface area contributed by atoms with E-state index in [-0.39, 0.29) is 51.3 Å². The number of aromatic nitrogens is 1. The Morgan fingerprint density at radius 1 is 1.00 bits per heavy atom. The molecule has 1 aromatic rings. The number of allylic oxidation sites excluding steroid dienone is 2. The molecular weight excluding hydrogens is 588 g/mol. The molecule has 5 aliphatic rings. The van der Waals surface area contributed by atoms with Crippen molar-refractivity contribution in [1.82, 2.24) is 4.98 Å². The van der Waals surface area contributed by atoms with Gasteiger partial charge in [0.15, 0.2) is 10.9 Å². The first-order valence-corrected chi connectivity index (χ1v) is 18.1. The summed E-state index contributed by atoms with van der Waals surface area (Å²) in [5, 5.41) is 11.4. The zero-order valence-corrected chi connectivity index (χ0v) is 30.4. The van der Waals surface area contributed by atoms with Gasteiger partial charge in [0.2, 0.25) is 0 Å². The Kier molecular flexibility index (Phi) is 8.35. The topological polar surface area (TPSA) is 70.5 Å². The number of thiazole rings is 1. The van der Waals surface area contributed by atoms with Crippen LogP contribution in [-0.4, -0.2) is 34.9 Å². The number of aliphatic carboxylic acids is 1. The van der Waals surface area contributed by atoms with E-state index in [1.54, 1.807) is 0 Å². The molecule has 0 unspecified atom stereocenters. The van der Waals surface area contributed by atoms with Gasteiger partial charge in [-0.3, -0.25) is 9.59 Å². The molecule has 0 radical (unpaired) electrons. The maximum absolute atomic E-state index is 14.8. The Morgan fingerprint density at radius 3 is 2.25 bits per heavy atom. The molecule has 6 rings (SSSR count). The molecule has 0 spiro atoms. The Labute approximate surface area is 276 Å². The fraction of sp³-hybridized carbons (Fsp3) is 0.811. The van der Waals surface area contributed by atoms with E-state index in [2.05, 4.69) is 66.4 Å². The van der Waals surface area contributed by atoms with Crippen LogP contribution in [0.1, 0.15) is 131 Å². The molecule has 3 saturated carbocycles. The number of carboxylic acids is 1. The number of anilines is 1. The Morgan fingerprint density at radius 2 is 1.64 bits per heavy atom. The van der Waals surface area contributed by atoms with Gasteiger partial charge in [0.25, 0.3) is 0 Å². The number of carbonyl (C=O) groups is 2. The van der Waals surface area contributed by atoms with Crippen LogP contribution in [0, 0.1) is 44.8 Å². The van der Waals surface area contributed by atoms with E-state index in [1.165, 1.54) is 21.3 Å². The van der Waals surface area contributed by atoms with Crippen molar-refractivity contribution < 1.29 is 14.7 Å². The molecule has 0 aliphatic heterocycles. The first-order valence-electron chi connectivity index (χ1n) is 17.3. The maximum Gasteiger partial charge on any atom is 0.309 e. The Bertz CT molecular complexity index is 1360. The summed E-state index contributed by atoms with van der Waals surface area (Å²) < 4.78 is 0. The lowest BCUT2D eigenvalue weighted by Crippen LogP contribution is -2.66. The number of fused-ring (bicyclic) bond motifs is 8. The van der Waals surface area contributed by atoms with Crippen molar-refractivity contribution in [1.29, 1.82) is 0 Å². The minimum atomic E-state index is -0.717. The molecule has 3 fully saturated rings. The standard InChI is InChI=1S/C37H56N2O3S.ClH/c1-10-18-39(19-11-2)31-38-29-26(43-31)22-35(7)27(32(29,3)4)12-13-37(9)28(35)25(40)20-23-24-21-34(6,30(41)42)15-14-33(24,5)16-17-36(23,37)8;/h20,24,27-28H,10-19,21-22H2,1-9H3,(H,41,42);1H/t24-,27-,28+,33+,34-,35-,36+,37+;/m0./s1. The predicted octanol–water partition coefficient (Wildman–Crippen LogP) is 9.27. The normalized spacial score (nSPS) is 42.0. The van der Waals surface area contributed by atoms with Crippen molar-refractivity contribution in [3.8, 4) is 0 Å². The van der Waals surface area contributed by atoms with Crippen LogP contribution in [0.2, 0.25) is 0 Å². The highest BCUT2D eigenvalue weighted by molar-refractivity contribution is 7.15. The van der Waals surface area contributed by atoms with Gasteiger partial charge in [0.1, 0.15) is 0 Å². The van der Waals surface area contributed by atoms with Gasteiger partial charge in [-0.1, -0.05) is 61.0 Å². The molecule has 44 heavy (non-hydrogen) atoms. The van der Waals surface area contributed by atoms with Gasteiger partial charge in [-0.05, 0) is 111 Å². The lowest BCUT2D eigenvalue weighted by atomic mass is 9.34. The van der Waals surface area contributed by atoms with Crippen molar-refractivity contribution in [2.45, 2.75) is 132 Å². The molecule has 5 nitrogen and oxygen atoms in total. The van der Waals surface area contributed by atoms with E-state index in [1.807, 2.05) is 18.3 Å². The van der Waals surface area contributed by atoms with Gasteiger partial charge in [0.05, 0.1) is 11.1 Å². The van der Waals surface area contributed by atoms with Gasteiger partial charge in [-0.15, -0.1) is 23.7 Å². The number of carbonyl (C=O) groups excluding carboxylic acids is 1. The van der Waals surface area contributed by atoms with Crippen molar-refractivity contribution in [3.05, 3.63) is 22.2 Å². The second-order valence-electron chi connectivity index (χ2n) is 17.2. The number of halogens is 1. The molecule has 246 valence electrons. The number of nitrogens with zero attached hydrogens (tertiary/aromatic N) is 2. The highest BCUT2D eigenvalue weighted by Crippen LogP contribution is 2.75. The van der Waals surface area contributed by atoms with Crippen LogP contribution in [0.25, 0.3) is 0 Å². The maximum atomic E-state index is 14.8. The monoisotopic (exact) mass is 644 g/mol. The van der Waals surface area contributed by atoms with E-state index in [0.29, 0.717) is 18.1 Å². The zero-order valence-electron chi connectivity index (χ0n) is 28.8. The van der Waals surface area contributed by atoms with Crippen molar-refractivity contribution in [2.75, 3.05) is 18.0 Å². The second kappa shape index (κ2) is 10.8. The van der Waals surface area contributed by atoms with E-state index in [4.69, 9.17) is 4.98 Å². The summed E-state index contributed by atoms with van der Waals surface area (Å²) in [4.78, 5) is 36.4. The summed E-state index contributed by atoms with van der Waals surface area (Å²) in [6.07, 6.45) is 11.9. The third-order valence-corrected chi connectivity index (χ3v) is 15.4. The van der Waals surface area contributed by atoms with Gasteiger partial charge in [0, 0.05) is 29.3 Å². The third-order valence-electron chi connectivity index (χ3n) is 14.3. The molecule has 0 bridgehead atoms. The van der Waals surface area contributed by atoms with E-state index < -0.39 is 11.4 Å². The summed E-state index contributed by atoms with van der Waals surface area (Å²) >= 11 is 1.89. The van der Waals surface area contributed by atoms with E-state index in [9.17, 15) is 14.7 Å². The smallest absolute Gasteiger partial charge is 0.309 e. The summed E-state index contributed by atoms with van der Waals surface area (Å²) in [6, 6.07) is 0. The number of rotatable bonds is 6. The van der Waals surface area contributed by atoms with Crippen LogP contribution >= 0.6 is 23.7 Å². The number of ketones is 1. The quantitative estimate of drug-likeness (QED) is 0.334. The summed E-state index contributed by atoms with van der Waals surface area (Å²) in [6.45, 7) is 23.1. The van der Waals surface area contributed by atoms with Crippen LogP contribution in [0.15, 0.2) is 11.6 Å². The SMILES string of the molecule is CCCN(CCC)c1nc2c(s1)C[C@]1(C)[C@H]3C(=O)C=C4[C@@H]5C[C@@](C)(C(=O)O)CC[C@]5(C)CC[C@@]4(C)[C@]3(C)CC[C@H]1C2(C)C.Cl. The minimum Gasteiger partial charge on any atom is -0.481 e. The average Bonchev–Trinajstić information content (AvgIpc) is 3.35. The van der Waals surface area contributed by atoms with E-state index in [0.717, 1.165) is 70.9 Å². The van der Waals surface area contributed by atoms with Crippen LogP contribution in [0.4, 0.5) is 5.13 Å². The molecule has 0 saturated heterocycles. The molecule has 0 amide bonds. The summed E-state index contributed by atoms with van der Waals surface area (Å²) in [5.74, 6) is 0.160. The first-order chi connectivity index (χ1) is 20.0. The Balaban J connectivity index is 0.00000384. The highest BCUT2D eigenvalue weighted by Gasteiger charge is 2.70. The van der Waals surface area contributed by atoms with Gasteiger partial charge in [-0.2, -0.15) is 0 Å².